The number of methoxy groups -OCH3 is 1. The quantitative estimate of drug-likeness (QED) is 0.812. The number of carbonyl (C=O) groups excluding carboxylic acids is 2. The van der Waals surface area contributed by atoms with Crippen LogP contribution in [0.15, 0.2) is 18.2 Å². The van der Waals surface area contributed by atoms with Gasteiger partial charge in [0.15, 0.2) is 5.75 Å². The first-order valence-corrected chi connectivity index (χ1v) is 5.00. The molecule has 0 spiro atoms. The minimum Gasteiger partial charge on any atom is -0.469 e. The Kier molecular flexibility index (Phi) is 2.90. The number of ether oxygens (including phenoxy) is 2. The van der Waals surface area contributed by atoms with Crippen molar-refractivity contribution in [2.45, 2.75) is 12.5 Å². The van der Waals surface area contributed by atoms with Crippen LogP contribution < -0.4 is 10.1 Å². The van der Waals surface area contributed by atoms with Gasteiger partial charge in [-0.05, 0) is 17.7 Å². The van der Waals surface area contributed by atoms with Gasteiger partial charge < -0.3 is 14.8 Å². The van der Waals surface area contributed by atoms with Gasteiger partial charge in [-0.15, -0.1) is 0 Å². The number of rotatable bonds is 2. The second kappa shape index (κ2) is 4.25. The van der Waals surface area contributed by atoms with Crippen molar-refractivity contribution in [3.63, 3.8) is 0 Å². The third-order valence-corrected chi connectivity index (χ3v) is 2.37. The lowest BCUT2D eigenvalue weighted by atomic mass is 10.1. The molecule has 0 unspecified atom stereocenters. The number of halogens is 2. The number of benzene rings is 1. The van der Waals surface area contributed by atoms with Gasteiger partial charge in [0, 0.05) is 0 Å². The minimum atomic E-state index is -3.91. The van der Waals surface area contributed by atoms with E-state index < -0.39 is 18.0 Å². The zero-order valence-electron chi connectivity index (χ0n) is 9.33. The fourth-order valence-electron chi connectivity index (χ4n) is 1.48. The molecule has 0 radical (unpaired) electrons. The van der Waals surface area contributed by atoms with Crippen LogP contribution in [0.3, 0.4) is 0 Å². The highest BCUT2D eigenvalue weighted by Gasteiger charge is 2.46. The maximum Gasteiger partial charge on any atom is 0.482 e. The molecule has 7 heteroatoms. The molecular formula is C11H9F2NO4. The van der Waals surface area contributed by atoms with Gasteiger partial charge in [0.2, 0.25) is 0 Å². The summed E-state index contributed by atoms with van der Waals surface area (Å²) in [7, 11) is 1.23. The monoisotopic (exact) mass is 257 g/mol. The van der Waals surface area contributed by atoms with Crippen LogP contribution in [0, 0.1) is 0 Å². The molecule has 0 atom stereocenters. The van der Waals surface area contributed by atoms with E-state index in [9.17, 15) is 18.4 Å². The summed E-state index contributed by atoms with van der Waals surface area (Å²) in [5.74, 6) is -2.20. The van der Waals surface area contributed by atoms with Crippen molar-refractivity contribution in [1.29, 1.82) is 0 Å². The van der Waals surface area contributed by atoms with Gasteiger partial charge in [-0.1, -0.05) is 6.07 Å². The molecule has 1 heterocycles. The predicted molar refractivity (Wildman–Crippen MR) is 56.4 cm³/mol. The normalized spacial score (nSPS) is 16.3. The molecule has 0 saturated heterocycles. The lowest BCUT2D eigenvalue weighted by Gasteiger charge is -2.24. The van der Waals surface area contributed by atoms with Gasteiger partial charge in [0.05, 0.1) is 19.2 Å². The van der Waals surface area contributed by atoms with Crippen LogP contribution in [0.4, 0.5) is 14.5 Å². The Morgan fingerprint density at radius 3 is 2.89 bits per heavy atom. The van der Waals surface area contributed by atoms with E-state index in [1.54, 1.807) is 0 Å². The van der Waals surface area contributed by atoms with Crippen molar-refractivity contribution in [3.8, 4) is 5.75 Å². The van der Waals surface area contributed by atoms with Crippen molar-refractivity contribution in [3.05, 3.63) is 23.8 Å². The summed E-state index contributed by atoms with van der Waals surface area (Å²) in [6, 6.07) is 4.17. The number of hydrogen-bond donors (Lipinski definition) is 1. The van der Waals surface area contributed by atoms with Gasteiger partial charge in [-0.3, -0.25) is 9.59 Å². The lowest BCUT2D eigenvalue weighted by molar-refractivity contribution is -0.189. The maximum absolute atomic E-state index is 13.0. The highest BCUT2D eigenvalue weighted by molar-refractivity contribution is 5.98. The average Bonchev–Trinajstić information content (AvgIpc) is 2.30. The van der Waals surface area contributed by atoms with Crippen LogP contribution in [0.1, 0.15) is 5.56 Å². The first-order chi connectivity index (χ1) is 8.42. The number of alkyl halides is 2. The Bertz CT molecular complexity index is 516. The summed E-state index contributed by atoms with van der Waals surface area (Å²) in [6.07, 6.45) is -3.97. The van der Waals surface area contributed by atoms with Gasteiger partial charge in [0.1, 0.15) is 0 Å². The van der Waals surface area contributed by atoms with Crippen molar-refractivity contribution in [2.75, 3.05) is 12.4 Å². The van der Waals surface area contributed by atoms with Gasteiger partial charge >= 0.3 is 18.0 Å². The van der Waals surface area contributed by atoms with Crippen LogP contribution in [-0.2, 0) is 20.7 Å². The van der Waals surface area contributed by atoms with Crippen LogP contribution >= 0.6 is 0 Å². The number of hydrogen-bond acceptors (Lipinski definition) is 4. The van der Waals surface area contributed by atoms with Crippen molar-refractivity contribution in [1.82, 2.24) is 0 Å². The van der Waals surface area contributed by atoms with Gasteiger partial charge in [0.25, 0.3) is 0 Å². The summed E-state index contributed by atoms with van der Waals surface area (Å²) in [6.45, 7) is 0. The molecule has 0 fully saturated rings. The van der Waals surface area contributed by atoms with Gasteiger partial charge in [-0.2, -0.15) is 8.78 Å². The number of fused-ring (bicyclic) bond motifs is 1. The van der Waals surface area contributed by atoms with Crippen molar-refractivity contribution in [2.24, 2.45) is 0 Å². The summed E-state index contributed by atoms with van der Waals surface area (Å²) >= 11 is 0. The molecule has 0 aromatic heterocycles. The predicted octanol–water partition coefficient (Wildman–Crippen LogP) is 1.33. The van der Waals surface area contributed by atoms with Crippen LogP contribution in [0.25, 0.3) is 0 Å². The van der Waals surface area contributed by atoms with Crippen LogP contribution in [-0.4, -0.2) is 25.1 Å². The summed E-state index contributed by atoms with van der Waals surface area (Å²) in [4.78, 5) is 22.0. The van der Waals surface area contributed by atoms with Gasteiger partial charge in [-0.25, -0.2) is 0 Å². The zero-order chi connectivity index (χ0) is 13.3. The Hall–Kier alpha value is -2.18. The second-order valence-electron chi connectivity index (χ2n) is 3.66. The van der Waals surface area contributed by atoms with E-state index in [4.69, 9.17) is 0 Å². The molecule has 0 saturated carbocycles. The lowest BCUT2D eigenvalue weighted by Crippen LogP contribution is -2.43. The smallest absolute Gasteiger partial charge is 0.469 e. The number of amides is 1. The number of anilines is 1. The Labute approximate surface area is 101 Å². The van der Waals surface area contributed by atoms with E-state index in [2.05, 4.69) is 9.47 Å². The van der Waals surface area contributed by atoms with E-state index in [1.807, 2.05) is 5.32 Å². The molecule has 18 heavy (non-hydrogen) atoms. The maximum atomic E-state index is 13.0. The van der Waals surface area contributed by atoms with E-state index >= 15 is 0 Å². The summed E-state index contributed by atoms with van der Waals surface area (Å²) in [5.41, 5.74) is 0.590. The molecule has 96 valence electrons. The highest BCUT2D eigenvalue weighted by Crippen LogP contribution is 2.35. The molecule has 0 bridgehead atoms. The third-order valence-electron chi connectivity index (χ3n) is 2.37. The summed E-state index contributed by atoms with van der Waals surface area (Å²) in [5, 5.41) is 2.01. The average molecular weight is 257 g/mol. The molecule has 0 aliphatic carbocycles. The highest BCUT2D eigenvalue weighted by atomic mass is 19.3. The topological polar surface area (TPSA) is 64.6 Å². The standard InChI is InChI=1S/C11H9F2NO4/c1-17-9(15)5-6-2-3-7-8(4-6)18-11(12,13)10(16)14-7/h2-4H,5H2,1H3,(H,14,16). The molecular weight excluding hydrogens is 248 g/mol. The van der Waals surface area contributed by atoms with E-state index in [0.717, 1.165) is 0 Å². The second-order valence-corrected chi connectivity index (χ2v) is 3.66. The molecule has 1 amide bonds. The molecule has 1 aromatic rings. The van der Waals surface area contributed by atoms with E-state index in [0.29, 0.717) is 5.56 Å². The largest absolute Gasteiger partial charge is 0.482 e. The summed E-state index contributed by atoms with van der Waals surface area (Å²) < 4.78 is 34.8. The first kappa shape index (κ1) is 12.3. The first-order valence-electron chi connectivity index (χ1n) is 5.00. The third kappa shape index (κ3) is 2.24. The fraction of sp³-hybridized carbons (Fsp3) is 0.273. The van der Waals surface area contributed by atoms with Crippen LogP contribution in [0.5, 0.6) is 5.75 Å². The zero-order valence-corrected chi connectivity index (χ0v) is 9.33. The Morgan fingerprint density at radius 1 is 1.50 bits per heavy atom. The Morgan fingerprint density at radius 2 is 2.22 bits per heavy atom. The number of nitrogens with one attached hydrogen (secondary N) is 1. The molecule has 1 aliphatic rings. The van der Waals surface area contributed by atoms with E-state index in [-0.39, 0.29) is 17.9 Å². The van der Waals surface area contributed by atoms with Crippen molar-refractivity contribution >= 4 is 17.6 Å². The minimum absolute atomic E-state index is 0.0628. The van der Waals surface area contributed by atoms with Crippen LogP contribution in [0.2, 0.25) is 0 Å². The molecule has 5 nitrogen and oxygen atoms in total. The molecule has 2 rings (SSSR count). The molecule has 1 N–H and O–H groups in total. The fourth-order valence-corrected chi connectivity index (χ4v) is 1.48. The number of esters is 1. The van der Waals surface area contributed by atoms with E-state index in [1.165, 1.54) is 25.3 Å². The number of carbonyl (C=O) groups is 2. The molecule has 1 aliphatic heterocycles. The molecule has 1 aromatic carbocycles. The van der Waals surface area contributed by atoms with Crippen molar-refractivity contribution < 1.29 is 27.8 Å². The Balaban J connectivity index is 2.27. The SMILES string of the molecule is COC(=O)Cc1ccc2c(c1)OC(F)(F)C(=O)N2.